The quantitative estimate of drug-likeness (QED) is 0.0844. The SMILES string of the molecule is CCCN(c1ccc(C(=O)OC)cc1)S(=O)c1cccc(C=O)c1.CNc1sc2c(c1C(=O)Nc1ccc(CCc3ccc(C(=O)OC)cc3)cc1)CCCC2. The number of anilines is 3. The van der Waals surface area contributed by atoms with E-state index in [9.17, 15) is 23.4 Å². The molecule has 0 aliphatic heterocycles. The molecule has 1 amide bonds. The number of rotatable bonds is 14. The second kappa shape index (κ2) is 20.4. The fourth-order valence-corrected chi connectivity index (χ4v) is 8.95. The highest BCUT2D eigenvalue weighted by Gasteiger charge is 2.25. The number of thiophene rings is 1. The van der Waals surface area contributed by atoms with Gasteiger partial charge in [-0.05, 0) is 122 Å². The van der Waals surface area contributed by atoms with Crippen molar-refractivity contribution < 1.29 is 32.9 Å². The minimum atomic E-state index is -1.44. The van der Waals surface area contributed by atoms with Crippen LogP contribution >= 0.6 is 11.3 Å². The van der Waals surface area contributed by atoms with E-state index >= 15 is 0 Å². The number of methoxy groups -OCH3 is 2. The van der Waals surface area contributed by atoms with E-state index in [1.807, 2.05) is 38.2 Å². The zero-order chi connectivity index (χ0) is 40.0. The number of amides is 1. The zero-order valence-electron chi connectivity index (χ0n) is 32.1. The Bertz CT molecular complexity index is 2150. The second-order valence-electron chi connectivity index (χ2n) is 13.1. The summed E-state index contributed by atoms with van der Waals surface area (Å²) in [6.45, 7) is 2.57. The van der Waals surface area contributed by atoms with E-state index < -0.39 is 17.0 Å². The summed E-state index contributed by atoms with van der Waals surface area (Å²) < 4.78 is 24.1. The van der Waals surface area contributed by atoms with Gasteiger partial charge in [0.1, 0.15) is 11.3 Å². The summed E-state index contributed by atoms with van der Waals surface area (Å²) in [5, 5.41) is 7.24. The van der Waals surface area contributed by atoms with Gasteiger partial charge in [-0.3, -0.25) is 13.9 Å². The Kier molecular flexibility index (Phi) is 15.1. The predicted molar refractivity (Wildman–Crippen MR) is 224 cm³/mol. The highest BCUT2D eigenvalue weighted by atomic mass is 32.2. The van der Waals surface area contributed by atoms with Gasteiger partial charge in [-0.2, -0.15) is 0 Å². The Balaban J connectivity index is 0.000000224. The Morgan fingerprint density at radius 3 is 1.98 bits per heavy atom. The summed E-state index contributed by atoms with van der Waals surface area (Å²) in [5.74, 6) is -0.769. The summed E-state index contributed by atoms with van der Waals surface area (Å²) in [6, 6.07) is 29.0. The Hall–Kier alpha value is -5.59. The molecular weight excluding hydrogens is 747 g/mol. The highest BCUT2D eigenvalue weighted by Crippen LogP contribution is 2.38. The van der Waals surface area contributed by atoms with Gasteiger partial charge in [-0.15, -0.1) is 11.3 Å². The van der Waals surface area contributed by atoms with Crippen LogP contribution in [0.1, 0.15) is 89.2 Å². The van der Waals surface area contributed by atoms with Crippen LogP contribution in [0.5, 0.6) is 0 Å². The van der Waals surface area contributed by atoms with Gasteiger partial charge in [-0.25, -0.2) is 13.8 Å². The maximum Gasteiger partial charge on any atom is 0.337 e. The number of fused-ring (bicyclic) bond motifs is 1. The normalized spacial score (nSPS) is 12.2. The molecule has 4 aromatic carbocycles. The maximum atomic E-state index is 13.0. The molecule has 292 valence electrons. The molecule has 0 fully saturated rings. The molecule has 2 N–H and O–H groups in total. The van der Waals surface area contributed by atoms with Crippen molar-refractivity contribution in [3.05, 3.63) is 141 Å². The number of hydrogen-bond acceptors (Lipinski definition) is 9. The third kappa shape index (κ3) is 10.6. The average Bonchev–Trinajstić information content (AvgIpc) is 3.64. The Morgan fingerprint density at radius 2 is 1.41 bits per heavy atom. The number of carbonyl (C=O) groups excluding carboxylic acids is 4. The summed E-state index contributed by atoms with van der Waals surface area (Å²) in [6.07, 6.45) is 7.70. The number of nitrogens with zero attached hydrogens (tertiary/aromatic N) is 1. The van der Waals surface area contributed by atoms with E-state index in [0.717, 1.165) is 72.3 Å². The molecule has 10 nitrogen and oxygen atoms in total. The molecule has 1 aromatic heterocycles. The zero-order valence-corrected chi connectivity index (χ0v) is 33.7. The summed E-state index contributed by atoms with van der Waals surface area (Å²) in [4.78, 5) is 48.9. The fourth-order valence-electron chi connectivity index (χ4n) is 6.36. The highest BCUT2D eigenvalue weighted by molar-refractivity contribution is 7.86. The molecule has 0 bridgehead atoms. The van der Waals surface area contributed by atoms with E-state index in [2.05, 4.69) is 27.5 Å². The van der Waals surface area contributed by atoms with Crippen LogP contribution < -0.4 is 14.9 Å². The van der Waals surface area contributed by atoms with Gasteiger partial charge in [0, 0.05) is 35.4 Å². The third-order valence-corrected chi connectivity index (χ3v) is 12.1. The van der Waals surface area contributed by atoms with Gasteiger partial charge in [0.25, 0.3) is 5.91 Å². The maximum absolute atomic E-state index is 13.0. The van der Waals surface area contributed by atoms with E-state index in [4.69, 9.17) is 4.74 Å². The first-order valence-corrected chi connectivity index (χ1v) is 20.4. The van der Waals surface area contributed by atoms with E-state index in [1.165, 1.54) is 36.6 Å². The topological polar surface area (TPSA) is 131 Å². The van der Waals surface area contributed by atoms with Crippen molar-refractivity contribution in [1.29, 1.82) is 0 Å². The van der Waals surface area contributed by atoms with Crippen molar-refractivity contribution in [3.8, 4) is 0 Å². The van der Waals surface area contributed by atoms with Gasteiger partial charge in [0.15, 0.2) is 11.0 Å². The standard InChI is InChI=1S/C26H28N2O3S.C18H19NO4S/c1-27-25-23(21-5-3-4-6-22(21)32-25)24(29)28-20-15-11-18(12-16-20)8-7-17-9-13-19(14-10-17)26(30)31-2;1-3-11-19(16-9-7-15(8-10-16)18(21)23-2)24(22)17-6-4-5-14(12-17)13-20/h9-16,27H,3-8H2,1-2H3,(H,28,29);4-10,12-13H,3,11H2,1-2H3. The Labute approximate surface area is 334 Å². The number of ether oxygens (including phenoxy) is 2. The van der Waals surface area contributed by atoms with E-state index in [1.54, 1.807) is 76.3 Å². The van der Waals surface area contributed by atoms with Crippen LogP contribution in [0.4, 0.5) is 16.4 Å². The number of aryl methyl sites for hydroxylation is 3. The largest absolute Gasteiger partial charge is 0.465 e. The second-order valence-corrected chi connectivity index (χ2v) is 15.6. The molecule has 0 saturated carbocycles. The predicted octanol–water partition coefficient (Wildman–Crippen LogP) is 8.72. The first-order valence-electron chi connectivity index (χ1n) is 18.5. The summed E-state index contributed by atoms with van der Waals surface area (Å²) in [7, 11) is 3.15. The van der Waals surface area contributed by atoms with Crippen LogP contribution in [0.15, 0.2) is 102 Å². The van der Waals surface area contributed by atoms with Crippen molar-refractivity contribution >= 4 is 62.8 Å². The molecule has 5 aromatic rings. The smallest absolute Gasteiger partial charge is 0.337 e. The minimum Gasteiger partial charge on any atom is -0.465 e. The van der Waals surface area contributed by atoms with Crippen LogP contribution in [-0.2, 0) is 46.1 Å². The monoisotopic (exact) mass is 793 g/mol. The molecule has 1 aliphatic carbocycles. The van der Waals surface area contributed by atoms with Crippen LogP contribution in [0.2, 0.25) is 0 Å². The Morgan fingerprint density at radius 1 is 0.821 bits per heavy atom. The van der Waals surface area contributed by atoms with Crippen molar-refractivity contribution in [2.45, 2.75) is 56.8 Å². The molecule has 0 saturated heterocycles. The van der Waals surface area contributed by atoms with Crippen molar-refractivity contribution in [1.82, 2.24) is 0 Å². The van der Waals surface area contributed by atoms with Gasteiger partial charge in [0.2, 0.25) is 0 Å². The number of benzene rings is 4. The molecular formula is C44H47N3O7S2. The van der Waals surface area contributed by atoms with Gasteiger partial charge < -0.3 is 20.1 Å². The molecule has 0 radical (unpaired) electrons. The summed E-state index contributed by atoms with van der Waals surface area (Å²) >= 11 is 1.71. The molecule has 1 heterocycles. The molecule has 0 spiro atoms. The summed E-state index contributed by atoms with van der Waals surface area (Å²) in [5.41, 5.74) is 7.41. The van der Waals surface area contributed by atoms with Gasteiger partial charge >= 0.3 is 11.9 Å². The van der Waals surface area contributed by atoms with E-state index in [0.29, 0.717) is 28.1 Å². The first-order chi connectivity index (χ1) is 27.2. The average molecular weight is 794 g/mol. The van der Waals surface area contributed by atoms with Gasteiger partial charge in [-0.1, -0.05) is 43.3 Å². The number of hydrogen-bond donors (Lipinski definition) is 2. The number of carbonyl (C=O) groups is 4. The minimum absolute atomic E-state index is 0.0350. The molecule has 12 heteroatoms. The van der Waals surface area contributed by atoms with Gasteiger partial charge in [0.05, 0.1) is 35.8 Å². The van der Waals surface area contributed by atoms with Crippen LogP contribution in [0, 0.1) is 0 Å². The fraction of sp³-hybridized carbons (Fsp3) is 0.273. The van der Waals surface area contributed by atoms with Crippen LogP contribution in [0.25, 0.3) is 0 Å². The molecule has 1 aliphatic rings. The number of esters is 2. The number of aldehydes is 1. The van der Waals surface area contributed by atoms with Crippen molar-refractivity contribution in [2.24, 2.45) is 0 Å². The molecule has 56 heavy (non-hydrogen) atoms. The molecule has 1 unspecified atom stereocenters. The lowest BCUT2D eigenvalue weighted by Crippen LogP contribution is -2.26. The molecule has 6 rings (SSSR count). The lowest BCUT2D eigenvalue weighted by atomic mass is 9.95. The van der Waals surface area contributed by atoms with Crippen LogP contribution in [-0.4, -0.2) is 56.2 Å². The van der Waals surface area contributed by atoms with Crippen LogP contribution in [0.3, 0.4) is 0 Å². The lowest BCUT2D eigenvalue weighted by molar-refractivity contribution is 0.0592. The first kappa shape index (κ1) is 41.6. The van der Waals surface area contributed by atoms with Crippen molar-refractivity contribution in [3.63, 3.8) is 0 Å². The molecule has 1 atom stereocenters. The third-order valence-electron chi connectivity index (χ3n) is 9.31. The lowest BCUT2D eigenvalue weighted by Gasteiger charge is -2.23. The van der Waals surface area contributed by atoms with Crippen molar-refractivity contribution in [2.75, 3.05) is 42.8 Å². The number of nitrogens with one attached hydrogen (secondary N) is 2. The van der Waals surface area contributed by atoms with E-state index in [-0.39, 0.29) is 11.9 Å².